The van der Waals surface area contributed by atoms with E-state index in [2.05, 4.69) is 35.6 Å². The van der Waals surface area contributed by atoms with Gasteiger partial charge in [-0.05, 0) is 11.6 Å². The van der Waals surface area contributed by atoms with Crippen LogP contribution < -0.4 is 21.9 Å². The first-order valence-electron chi connectivity index (χ1n) is 10.3. The van der Waals surface area contributed by atoms with E-state index in [0.717, 1.165) is 17.1 Å². The molecule has 0 aliphatic heterocycles. The first-order chi connectivity index (χ1) is 16.8. The van der Waals surface area contributed by atoms with Crippen LogP contribution >= 0.6 is 0 Å². The average molecular weight is 480 g/mol. The largest absolute Gasteiger partial charge is 0.480 e. The molecule has 4 aromatic rings. The number of carboxylic acid groups (broad SMARTS) is 1. The summed E-state index contributed by atoms with van der Waals surface area (Å²) in [6.45, 7) is -0.817. The summed E-state index contributed by atoms with van der Waals surface area (Å²) >= 11 is 0. The molecule has 0 aliphatic rings. The lowest BCUT2D eigenvalue weighted by Gasteiger charge is -2.20. The number of hydrogen-bond donors (Lipinski definition) is 7. The number of para-hydroxylation sites is 1. The molecule has 4 rings (SSSR count). The number of benzene rings is 1. The van der Waals surface area contributed by atoms with Crippen molar-refractivity contribution in [2.75, 3.05) is 12.3 Å². The van der Waals surface area contributed by atoms with Crippen molar-refractivity contribution in [3.05, 3.63) is 58.3 Å². The highest BCUT2D eigenvalue weighted by molar-refractivity contribution is 5.97. The molecule has 180 valence electrons. The number of aliphatic hydroxyl groups excluding tert-OH is 1. The van der Waals surface area contributed by atoms with E-state index in [-0.39, 0.29) is 29.2 Å². The van der Waals surface area contributed by atoms with E-state index in [0.29, 0.717) is 5.56 Å². The Balaban J connectivity index is 1.48. The van der Waals surface area contributed by atoms with Gasteiger partial charge in [-0.1, -0.05) is 18.2 Å². The Bertz CT molecular complexity index is 1500. The number of rotatable bonds is 8. The van der Waals surface area contributed by atoms with E-state index in [4.69, 9.17) is 5.73 Å². The van der Waals surface area contributed by atoms with Gasteiger partial charge in [0.15, 0.2) is 11.2 Å². The predicted octanol–water partition coefficient (Wildman–Crippen LogP) is -1.32. The molecule has 2 amide bonds. The minimum atomic E-state index is -1.48. The molecular weight excluding hydrogens is 460 g/mol. The van der Waals surface area contributed by atoms with Crippen molar-refractivity contribution in [3.8, 4) is 0 Å². The predicted molar refractivity (Wildman–Crippen MR) is 122 cm³/mol. The van der Waals surface area contributed by atoms with Gasteiger partial charge >= 0.3 is 5.97 Å². The van der Waals surface area contributed by atoms with Gasteiger partial charge < -0.3 is 31.6 Å². The molecule has 0 aliphatic carbocycles. The summed E-state index contributed by atoms with van der Waals surface area (Å²) in [5.41, 5.74) is 5.69. The van der Waals surface area contributed by atoms with Gasteiger partial charge in [0.1, 0.15) is 17.8 Å². The van der Waals surface area contributed by atoms with Crippen LogP contribution in [0.2, 0.25) is 0 Å². The zero-order valence-electron chi connectivity index (χ0n) is 18.0. The SMILES string of the molecule is Nc1nc2nc(C(=O)N[C@@H](CO)C(=O)N[C@@H](Cc3c[nH]c4ccccc34)C(=O)O)cnc2c(=O)[nH]1. The monoisotopic (exact) mass is 480 g/mol. The second-order valence-corrected chi connectivity index (χ2v) is 7.55. The number of nitrogens with zero attached hydrogens (tertiary/aromatic N) is 3. The normalized spacial score (nSPS) is 12.8. The molecule has 1 aromatic carbocycles. The molecule has 0 unspecified atom stereocenters. The van der Waals surface area contributed by atoms with E-state index < -0.39 is 42.0 Å². The highest BCUT2D eigenvalue weighted by Crippen LogP contribution is 2.19. The number of amides is 2. The lowest BCUT2D eigenvalue weighted by atomic mass is 10.0. The van der Waals surface area contributed by atoms with Crippen molar-refractivity contribution in [3.63, 3.8) is 0 Å². The molecule has 8 N–H and O–H groups in total. The molecule has 0 saturated carbocycles. The zero-order valence-corrected chi connectivity index (χ0v) is 18.0. The van der Waals surface area contributed by atoms with Crippen LogP contribution in [-0.4, -0.2) is 71.6 Å². The number of aliphatic hydroxyl groups is 1. The van der Waals surface area contributed by atoms with Crippen LogP contribution in [0.4, 0.5) is 5.95 Å². The molecule has 0 saturated heterocycles. The number of nitrogen functional groups attached to an aromatic ring is 1. The van der Waals surface area contributed by atoms with Crippen molar-refractivity contribution >= 4 is 45.8 Å². The fourth-order valence-corrected chi connectivity index (χ4v) is 3.46. The molecule has 3 aromatic heterocycles. The lowest BCUT2D eigenvalue weighted by Crippen LogP contribution is -2.53. The van der Waals surface area contributed by atoms with Gasteiger partial charge in [0.2, 0.25) is 11.9 Å². The first kappa shape index (κ1) is 23.3. The summed E-state index contributed by atoms with van der Waals surface area (Å²) in [7, 11) is 0. The molecule has 0 spiro atoms. The lowest BCUT2D eigenvalue weighted by molar-refractivity contribution is -0.142. The number of aliphatic carboxylic acids is 1. The van der Waals surface area contributed by atoms with Crippen LogP contribution in [0.15, 0.2) is 41.5 Å². The summed E-state index contributed by atoms with van der Waals surface area (Å²) in [5, 5.41) is 24.7. The maximum absolute atomic E-state index is 12.7. The van der Waals surface area contributed by atoms with Gasteiger partial charge in [-0.3, -0.25) is 19.4 Å². The highest BCUT2D eigenvalue weighted by Gasteiger charge is 2.28. The number of nitrogens with one attached hydrogen (secondary N) is 4. The fraction of sp³-hybridized carbons (Fsp3) is 0.190. The van der Waals surface area contributed by atoms with Crippen LogP contribution in [0.25, 0.3) is 22.1 Å². The Hall–Kier alpha value is -4.85. The molecule has 14 heteroatoms. The molecule has 2 atom stereocenters. The van der Waals surface area contributed by atoms with Crippen molar-refractivity contribution in [1.29, 1.82) is 0 Å². The van der Waals surface area contributed by atoms with Crippen LogP contribution in [0.5, 0.6) is 0 Å². The second-order valence-electron chi connectivity index (χ2n) is 7.55. The smallest absolute Gasteiger partial charge is 0.326 e. The Kier molecular flexibility index (Phi) is 6.37. The summed E-state index contributed by atoms with van der Waals surface area (Å²) in [6, 6.07) is 4.48. The van der Waals surface area contributed by atoms with Crippen molar-refractivity contribution < 1.29 is 24.6 Å². The van der Waals surface area contributed by atoms with Gasteiger partial charge in [0.25, 0.3) is 11.5 Å². The van der Waals surface area contributed by atoms with Crippen molar-refractivity contribution in [1.82, 2.24) is 35.6 Å². The minimum absolute atomic E-state index is 0.0328. The van der Waals surface area contributed by atoms with Crippen LogP contribution in [0.3, 0.4) is 0 Å². The van der Waals surface area contributed by atoms with Gasteiger partial charge in [-0.2, -0.15) is 4.98 Å². The summed E-state index contributed by atoms with van der Waals surface area (Å²) in [5.74, 6) is -3.34. The summed E-state index contributed by atoms with van der Waals surface area (Å²) in [6.07, 6.45) is 2.62. The molecular formula is C21H20N8O6. The van der Waals surface area contributed by atoms with Crippen molar-refractivity contribution in [2.24, 2.45) is 0 Å². The van der Waals surface area contributed by atoms with Crippen molar-refractivity contribution in [2.45, 2.75) is 18.5 Å². The number of nitrogens with two attached hydrogens (primary N) is 1. The molecule has 3 heterocycles. The maximum atomic E-state index is 12.7. The van der Waals surface area contributed by atoms with Gasteiger partial charge in [-0.25, -0.2) is 14.8 Å². The number of H-pyrrole nitrogens is 2. The Morgan fingerprint density at radius 3 is 2.63 bits per heavy atom. The van der Waals surface area contributed by atoms with E-state index in [1.807, 2.05) is 18.2 Å². The van der Waals surface area contributed by atoms with Crippen LogP contribution in [0.1, 0.15) is 16.1 Å². The highest BCUT2D eigenvalue weighted by atomic mass is 16.4. The van der Waals surface area contributed by atoms with E-state index in [1.54, 1.807) is 12.3 Å². The topological polar surface area (TPSA) is 229 Å². The molecule has 14 nitrogen and oxygen atoms in total. The Morgan fingerprint density at radius 1 is 1.11 bits per heavy atom. The number of hydrogen-bond acceptors (Lipinski definition) is 9. The van der Waals surface area contributed by atoms with Gasteiger partial charge in [0, 0.05) is 23.5 Å². The number of carbonyl (C=O) groups is 3. The number of aromatic nitrogens is 5. The number of fused-ring (bicyclic) bond motifs is 2. The molecule has 0 radical (unpaired) electrons. The van der Waals surface area contributed by atoms with Crippen LogP contribution in [-0.2, 0) is 16.0 Å². The van der Waals surface area contributed by atoms with Gasteiger partial charge in [0.05, 0.1) is 12.8 Å². The fourth-order valence-electron chi connectivity index (χ4n) is 3.46. The third-order valence-corrected chi connectivity index (χ3v) is 5.19. The minimum Gasteiger partial charge on any atom is -0.480 e. The molecule has 0 fully saturated rings. The maximum Gasteiger partial charge on any atom is 0.326 e. The standard InChI is InChI=1S/C21H20N8O6/c22-21-28-16-15(19(33)29-21)24-7-13(25-16)17(31)27-14(8-30)18(32)26-12(20(34)35)5-9-6-23-11-4-2-1-3-10(9)11/h1-4,6-7,12,14,23,30H,5,8H2,(H,26,32)(H,27,31)(H,34,35)(H3,22,25,28,29,33)/t12-,14-/m0/s1. The van der Waals surface area contributed by atoms with E-state index >= 15 is 0 Å². The second kappa shape index (κ2) is 9.56. The van der Waals surface area contributed by atoms with E-state index in [1.165, 1.54) is 0 Å². The summed E-state index contributed by atoms with van der Waals surface area (Å²) in [4.78, 5) is 65.7. The number of anilines is 1. The molecule has 0 bridgehead atoms. The third-order valence-electron chi connectivity index (χ3n) is 5.19. The third kappa shape index (κ3) is 4.91. The first-order valence-corrected chi connectivity index (χ1v) is 10.3. The molecule has 35 heavy (non-hydrogen) atoms. The summed E-state index contributed by atoms with van der Waals surface area (Å²) < 4.78 is 0. The Morgan fingerprint density at radius 2 is 1.89 bits per heavy atom. The zero-order chi connectivity index (χ0) is 25.1. The number of carboxylic acids is 1. The Labute approximate surface area is 195 Å². The number of carbonyl (C=O) groups excluding carboxylic acids is 2. The quantitative estimate of drug-likeness (QED) is 0.157. The van der Waals surface area contributed by atoms with E-state index in [9.17, 15) is 29.4 Å². The van der Waals surface area contributed by atoms with Crippen LogP contribution in [0, 0.1) is 0 Å². The van der Waals surface area contributed by atoms with Gasteiger partial charge in [-0.15, -0.1) is 0 Å². The number of aromatic amines is 2. The average Bonchev–Trinajstić information content (AvgIpc) is 3.24.